The number of nitrogens with one attached hydrogen (secondary N) is 1. The van der Waals surface area contributed by atoms with Crippen LogP contribution < -0.4 is 5.32 Å². The van der Waals surface area contributed by atoms with E-state index in [1.54, 1.807) is 0 Å². The van der Waals surface area contributed by atoms with Crippen LogP contribution in [0, 0.1) is 5.41 Å². The van der Waals surface area contributed by atoms with Crippen LogP contribution in [0.3, 0.4) is 0 Å². The second-order valence-electron chi connectivity index (χ2n) is 6.93. The molecular weight excluding hydrogens is 194 g/mol. The molecule has 0 amide bonds. The van der Waals surface area contributed by atoms with Crippen molar-refractivity contribution in [1.82, 2.24) is 5.32 Å². The summed E-state index contributed by atoms with van der Waals surface area (Å²) in [7, 11) is 0. The second-order valence-corrected chi connectivity index (χ2v) is 6.93. The summed E-state index contributed by atoms with van der Waals surface area (Å²) in [5, 5.41) is 3.71. The Hall–Kier alpha value is -0.0400. The molecule has 16 heavy (non-hydrogen) atoms. The van der Waals surface area contributed by atoms with Gasteiger partial charge >= 0.3 is 0 Å². The Morgan fingerprint density at radius 1 is 1.12 bits per heavy atom. The molecule has 1 heteroatoms. The molecule has 0 aliphatic carbocycles. The summed E-state index contributed by atoms with van der Waals surface area (Å²) in [4.78, 5) is 0. The Morgan fingerprint density at radius 3 is 2.38 bits per heavy atom. The van der Waals surface area contributed by atoms with Crippen molar-refractivity contribution in [3.05, 3.63) is 0 Å². The third kappa shape index (κ3) is 4.45. The molecule has 0 saturated carbocycles. The Morgan fingerprint density at radius 2 is 1.81 bits per heavy atom. The van der Waals surface area contributed by atoms with Gasteiger partial charge in [-0.15, -0.1) is 0 Å². The minimum absolute atomic E-state index is 0.331. The fourth-order valence-corrected chi connectivity index (χ4v) is 3.82. The van der Waals surface area contributed by atoms with Gasteiger partial charge in [0.2, 0.25) is 0 Å². The maximum absolute atomic E-state index is 3.71. The molecule has 1 nitrogen and oxygen atoms in total. The Kier molecular flexibility index (Phi) is 4.85. The van der Waals surface area contributed by atoms with Crippen LogP contribution in [0.4, 0.5) is 0 Å². The fraction of sp³-hybridized carbons (Fsp3) is 1.00. The van der Waals surface area contributed by atoms with Gasteiger partial charge in [-0.3, -0.25) is 0 Å². The molecule has 96 valence electrons. The van der Waals surface area contributed by atoms with E-state index < -0.39 is 0 Å². The van der Waals surface area contributed by atoms with E-state index in [0.717, 1.165) is 0 Å². The third-order valence-electron chi connectivity index (χ3n) is 3.94. The lowest BCUT2D eigenvalue weighted by Gasteiger charge is -2.47. The summed E-state index contributed by atoms with van der Waals surface area (Å²) in [6, 6.07) is 0.680. The van der Waals surface area contributed by atoms with E-state index >= 15 is 0 Å². The van der Waals surface area contributed by atoms with Crippen LogP contribution in [0.1, 0.15) is 79.6 Å². The van der Waals surface area contributed by atoms with Gasteiger partial charge in [0.05, 0.1) is 0 Å². The van der Waals surface area contributed by atoms with Gasteiger partial charge in [-0.05, 0) is 45.4 Å². The van der Waals surface area contributed by atoms with Gasteiger partial charge < -0.3 is 5.32 Å². The molecule has 2 unspecified atom stereocenters. The molecule has 1 N–H and O–H groups in total. The number of rotatable bonds is 5. The standard InChI is InChI=1S/C15H31N/c1-6-7-8-9-10-15(5)11-13(2)16-14(3,4)12-15/h13,16H,6-12H2,1-5H3. The summed E-state index contributed by atoms with van der Waals surface area (Å²) in [5.41, 5.74) is 0.902. The monoisotopic (exact) mass is 225 g/mol. The first-order valence-electron chi connectivity index (χ1n) is 7.15. The largest absolute Gasteiger partial charge is 0.309 e. The molecule has 1 aliphatic rings. The number of hydrogen-bond acceptors (Lipinski definition) is 1. The Bertz CT molecular complexity index is 209. The van der Waals surface area contributed by atoms with Gasteiger partial charge in [0.1, 0.15) is 0 Å². The maximum atomic E-state index is 3.71. The summed E-state index contributed by atoms with van der Waals surface area (Å²) < 4.78 is 0. The zero-order valence-corrected chi connectivity index (χ0v) is 12.0. The lowest BCUT2D eigenvalue weighted by molar-refractivity contribution is 0.0949. The first-order chi connectivity index (χ1) is 7.37. The molecule has 2 atom stereocenters. The average Bonchev–Trinajstić information content (AvgIpc) is 2.08. The third-order valence-corrected chi connectivity index (χ3v) is 3.94. The second kappa shape index (κ2) is 5.53. The number of piperidine rings is 1. The molecule has 0 aromatic carbocycles. The van der Waals surface area contributed by atoms with E-state index in [9.17, 15) is 0 Å². The highest BCUT2D eigenvalue weighted by atomic mass is 15.0. The van der Waals surface area contributed by atoms with Gasteiger partial charge in [0, 0.05) is 11.6 Å². The van der Waals surface area contributed by atoms with Crippen molar-refractivity contribution in [2.45, 2.75) is 91.1 Å². The van der Waals surface area contributed by atoms with Crippen LogP contribution in [-0.4, -0.2) is 11.6 Å². The van der Waals surface area contributed by atoms with E-state index in [1.807, 2.05) is 0 Å². The minimum atomic E-state index is 0.331. The summed E-state index contributed by atoms with van der Waals surface area (Å²) in [6.45, 7) is 11.8. The van der Waals surface area contributed by atoms with E-state index in [4.69, 9.17) is 0 Å². The Balaban J connectivity index is 2.42. The van der Waals surface area contributed by atoms with Crippen LogP contribution in [0.25, 0.3) is 0 Å². The van der Waals surface area contributed by atoms with Gasteiger partial charge in [-0.1, -0.05) is 39.5 Å². The first-order valence-corrected chi connectivity index (χ1v) is 7.15. The normalized spacial score (nSPS) is 33.9. The van der Waals surface area contributed by atoms with E-state index in [1.165, 1.54) is 44.9 Å². The molecule has 0 radical (unpaired) electrons. The van der Waals surface area contributed by atoms with E-state index in [-0.39, 0.29) is 0 Å². The summed E-state index contributed by atoms with van der Waals surface area (Å²) in [5.74, 6) is 0. The molecule has 1 fully saturated rings. The average molecular weight is 225 g/mol. The lowest BCUT2D eigenvalue weighted by atomic mass is 9.68. The van der Waals surface area contributed by atoms with E-state index in [0.29, 0.717) is 17.0 Å². The highest BCUT2D eigenvalue weighted by Gasteiger charge is 2.38. The quantitative estimate of drug-likeness (QED) is 0.679. The van der Waals surface area contributed by atoms with Gasteiger partial charge in [-0.2, -0.15) is 0 Å². The minimum Gasteiger partial charge on any atom is -0.309 e. The van der Waals surface area contributed by atoms with Crippen molar-refractivity contribution in [2.75, 3.05) is 0 Å². The van der Waals surface area contributed by atoms with E-state index in [2.05, 4.69) is 39.9 Å². The zero-order valence-electron chi connectivity index (χ0n) is 12.0. The predicted octanol–water partition coefficient (Wildman–Crippen LogP) is 4.51. The molecule has 1 heterocycles. The lowest BCUT2D eigenvalue weighted by Crippen LogP contribution is -2.54. The molecule has 0 aromatic heterocycles. The zero-order chi connectivity index (χ0) is 12.2. The number of unbranched alkanes of at least 4 members (excludes halogenated alkanes) is 3. The SMILES string of the molecule is CCCCCCC1(C)CC(C)NC(C)(C)C1. The van der Waals surface area contributed by atoms with Crippen molar-refractivity contribution in [3.63, 3.8) is 0 Å². The summed E-state index contributed by atoms with van der Waals surface area (Å²) in [6.07, 6.45) is 9.70. The topological polar surface area (TPSA) is 12.0 Å². The van der Waals surface area contributed by atoms with Crippen molar-refractivity contribution >= 4 is 0 Å². The van der Waals surface area contributed by atoms with Crippen molar-refractivity contribution in [2.24, 2.45) is 5.41 Å². The van der Waals surface area contributed by atoms with Crippen molar-refractivity contribution in [3.8, 4) is 0 Å². The molecule has 0 aromatic rings. The molecule has 0 spiro atoms. The smallest absolute Gasteiger partial charge is 0.0132 e. The maximum Gasteiger partial charge on any atom is 0.0132 e. The Labute approximate surface area is 102 Å². The van der Waals surface area contributed by atoms with Crippen molar-refractivity contribution in [1.29, 1.82) is 0 Å². The van der Waals surface area contributed by atoms with Gasteiger partial charge in [-0.25, -0.2) is 0 Å². The summed E-state index contributed by atoms with van der Waals surface area (Å²) >= 11 is 0. The highest BCUT2D eigenvalue weighted by molar-refractivity contribution is 4.95. The number of hydrogen-bond donors (Lipinski definition) is 1. The highest BCUT2D eigenvalue weighted by Crippen LogP contribution is 2.41. The van der Waals surface area contributed by atoms with Gasteiger partial charge in [0.25, 0.3) is 0 Å². The van der Waals surface area contributed by atoms with Crippen LogP contribution in [-0.2, 0) is 0 Å². The molecule has 1 rings (SSSR count). The first kappa shape index (κ1) is 14.0. The van der Waals surface area contributed by atoms with Crippen LogP contribution in [0.2, 0.25) is 0 Å². The van der Waals surface area contributed by atoms with Crippen LogP contribution in [0.5, 0.6) is 0 Å². The van der Waals surface area contributed by atoms with Crippen LogP contribution in [0.15, 0.2) is 0 Å². The molecular formula is C15H31N. The van der Waals surface area contributed by atoms with Gasteiger partial charge in [0.15, 0.2) is 0 Å². The fourth-order valence-electron chi connectivity index (χ4n) is 3.82. The molecule has 0 bridgehead atoms. The predicted molar refractivity (Wildman–Crippen MR) is 72.8 cm³/mol. The van der Waals surface area contributed by atoms with Crippen LogP contribution >= 0.6 is 0 Å². The molecule has 1 aliphatic heterocycles. The molecule has 1 saturated heterocycles. The van der Waals surface area contributed by atoms with Crippen molar-refractivity contribution < 1.29 is 0 Å².